The summed E-state index contributed by atoms with van der Waals surface area (Å²) in [6.45, 7) is 9.50. The van der Waals surface area contributed by atoms with Crippen LogP contribution in [0.1, 0.15) is 75.8 Å². The van der Waals surface area contributed by atoms with Crippen LogP contribution >= 0.6 is 11.6 Å². The Kier molecular flexibility index (Phi) is 9.50. The van der Waals surface area contributed by atoms with Crippen molar-refractivity contribution in [2.75, 3.05) is 18.4 Å². The van der Waals surface area contributed by atoms with Crippen molar-refractivity contribution in [1.82, 2.24) is 19.4 Å². The molecule has 1 saturated heterocycles. The third-order valence-corrected chi connectivity index (χ3v) is 8.56. The Morgan fingerprint density at radius 3 is 2.43 bits per heavy atom. The summed E-state index contributed by atoms with van der Waals surface area (Å²) in [5.74, 6) is -1.31. The van der Waals surface area contributed by atoms with Gasteiger partial charge in [-0.05, 0) is 96.2 Å². The summed E-state index contributed by atoms with van der Waals surface area (Å²) in [6, 6.07) is 10.4. The lowest BCUT2D eigenvalue weighted by molar-refractivity contribution is -0.121. The number of nitriles is 1. The van der Waals surface area contributed by atoms with Gasteiger partial charge in [-0.25, -0.2) is 9.59 Å². The average molecular weight is 663 g/mol. The van der Waals surface area contributed by atoms with Crippen LogP contribution in [0.2, 0.25) is 5.02 Å². The standard InChI is InChI=1S/C34H39ClN6O6/c1-19(2)41-28-11-10-24(14-26(28)31(44)40(32(41)45)16-20-6-7-20)37-30(43)23-12-25(18-39(17-23)33(46)47-34(3,4)5)38-29(42)21-8-9-22(15-36)27(35)13-21/h8-11,13-14,19-20,23,25H,6-7,12,16-18H2,1-5H3,(H,37,43)(H,38,42). The Morgan fingerprint density at radius 1 is 1.09 bits per heavy atom. The first-order valence-corrected chi connectivity index (χ1v) is 16.1. The molecule has 248 valence electrons. The second-order valence-electron chi connectivity index (χ2n) is 13.6. The topological polar surface area (TPSA) is 156 Å². The zero-order valence-corrected chi connectivity index (χ0v) is 27.9. The van der Waals surface area contributed by atoms with Crippen molar-refractivity contribution >= 4 is 46.1 Å². The maximum Gasteiger partial charge on any atom is 0.410 e. The van der Waals surface area contributed by atoms with Crippen LogP contribution in [0.4, 0.5) is 10.5 Å². The van der Waals surface area contributed by atoms with Crippen LogP contribution in [0.15, 0.2) is 46.0 Å². The van der Waals surface area contributed by atoms with Gasteiger partial charge in [-0.1, -0.05) is 11.6 Å². The van der Waals surface area contributed by atoms with E-state index < -0.39 is 41.0 Å². The minimum absolute atomic E-state index is 0.0461. The number of hydrogen-bond donors (Lipinski definition) is 2. The number of amides is 3. The van der Waals surface area contributed by atoms with Crippen LogP contribution in [0.25, 0.3) is 10.9 Å². The lowest BCUT2D eigenvalue weighted by atomic mass is 9.93. The maximum atomic E-state index is 13.7. The summed E-state index contributed by atoms with van der Waals surface area (Å²) in [7, 11) is 0. The van der Waals surface area contributed by atoms with Gasteiger partial charge >= 0.3 is 11.8 Å². The zero-order chi connectivity index (χ0) is 34.2. The molecule has 2 aromatic carbocycles. The molecule has 2 N–H and O–H groups in total. The van der Waals surface area contributed by atoms with Gasteiger partial charge in [0.2, 0.25) is 5.91 Å². The fourth-order valence-electron chi connectivity index (χ4n) is 5.81. The fourth-order valence-corrected chi connectivity index (χ4v) is 6.03. The number of fused-ring (bicyclic) bond motifs is 1. The molecule has 2 heterocycles. The lowest BCUT2D eigenvalue weighted by Crippen LogP contribution is -2.55. The molecule has 2 fully saturated rings. The van der Waals surface area contributed by atoms with Crippen molar-refractivity contribution in [3.05, 3.63) is 73.4 Å². The number of carbonyl (C=O) groups excluding carboxylic acids is 3. The first kappa shape index (κ1) is 33.7. The predicted molar refractivity (Wildman–Crippen MR) is 178 cm³/mol. The monoisotopic (exact) mass is 662 g/mol. The smallest absolute Gasteiger partial charge is 0.410 e. The number of anilines is 1. The van der Waals surface area contributed by atoms with Gasteiger partial charge in [0.1, 0.15) is 11.7 Å². The van der Waals surface area contributed by atoms with E-state index in [0.717, 1.165) is 12.8 Å². The van der Waals surface area contributed by atoms with Crippen LogP contribution < -0.4 is 21.9 Å². The Labute approximate surface area is 277 Å². The normalized spacial score (nSPS) is 18.1. The van der Waals surface area contributed by atoms with Crippen molar-refractivity contribution in [2.45, 2.75) is 78.1 Å². The first-order valence-electron chi connectivity index (χ1n) is 15.7. The number of likely N-dealkylation sites (tertiary alicyclic amines) is 1. The Morgan fingerprint density at radius 2 is 1.81 bits per heavy atom. The largest absolute Gasteiger partial charge is 0.444 e. The highest BCUT2D eigenvalue weighted by Gasteiger charge is 2.37. The van der Waals surface area contributed by atoms with Gasteiger partial charge in [-0.15, -0.1) is 0 Å². The van der Waals surface area contributed by atoms with E-state index in [2.05, 4.69) is 10.6 Å². The SMILES string of the molecule is CC(C)n1c(=O)n(CC2CC2)c(=O)c2cc(NC(=O)C3CC(NC(=O)c4ccc(C#N)c(Cl)c4)CN(C(=O)OC(C)(C)C)C3)ccc21. The van der Waals surface area contributed by atoms with Gasteiger partial charge in [-0.3, -0.25) is 23.5 Å². The molecule has 47 heavy (non-hydrogen) atoms. The highest BCUT2D eigenvalue weighted by Crippen LogP contribution is 2.30. The number of nitrogens with zero attached hydrogens (tertiary/aromatic N) is 4. The number of piperidine rings is 1. The van der Waals surface area contributed by atoms with Crippen molar-refractivity contribution in [3.63, 3.8) is 0 Å². The number of rotatable bonds is 7. The van der Waals surface area contributed by atoms with E-state index in [-0.39, 0.29) is 47.4 Å². The minimum Gasteiger partial charge on any atom is -0.444 e. The molecule has 12 nitrogen and oxygen atoms in total. The predicted octanol–water partition coefficient (Wildman–Crippen LogP) is 4.67. The molecule has 1 saturated carbocycles. The number of benzene rings is 2. The quantitative estimate of drug-likeness (QED) is 0.372. The van der Waals surface area contributed by atoms with Crippen LogP contribution in [0, 0.1) is 23.2 Å². The first-order chi connectivity index (χ1) is 22.1. The highest BCUT2D eigenvalue weighted by atomic mass is 35.5. The Hall–Kier alpha value is -4.63. The number of nitrogens with one attached hydrogen (secondary N) is 2. The van der Waals surface area contributed by atoms with E-state index in [0.29, 0.717) is 29.1 Å². The second-order valence-corrected chi connectivity index (χ2v) is 14.0. The number of aromatic nitrogens is 2. The third-order valence-electron chi connectivity index (χ3n) is 8.25. The number of halogens is 1. The molecule has 0 bridgehead atoms. The van der Waals surface area contributed by atoms with Gasteiger partial charge in [0.25, 0.3) is 11.5 Å². The molecule has 2 unspecified atom stereocenters. The van der Waals surface area contributed by atoms with E-state index in [4.69, 9.17) is 21.6 Å². The van der Waals surface area contributed by atoms with Crippen LogP contribution in [-0.2, 0) is 16.1 Å². The molecule has 3 amide bonds. The summed E-state index contributed by atoms with van der Waals surface area (Å²) in [4.78, 5) is 68.1. The van der Waals surface area contributed by atoms with Gasteiger partial charge in [0, 0.05) is 43.0 Å². The minimum atomic E-state index is -0.779. The maximum absolute atomic E-state index is 13.7. The third kappa shape index (κ3) is 7.68. The number of carbonyl (C=O) groups is 3. The highest BCUT2D eigenvalue weighted by molar-refractivity contribution is 6.32. The van der Waals surface area contributed by atoms with Gasteiger partial charge in [0.15, 0.2) is 0 Å². The van der Waals surface area contributed by atoms with Crippen LogP contribution in [0.5, 0.6) is 0 Å². The number of hydrogen-bond acceptors (Lipinski definition) is 7. The molecule has 13 heteroatoms. The molecule has 2 atom stereocenters. The Balaban J connectivity index is 1.40. The molecule has 3 aromatic rings. The fraction of sp³-hybridized carbons (Fsp3) is 0.471. The van der Waals surface area contributed by atoms with Gasteiger partial charge in [-0.2, -0.15) is 5.26 Å². The van der Waals surface area contributed by atoms with Crippen molar-refractivity contribution in [1.29, 1.82) is 5.26 Å². The lowest BCUT2D eigenvalue weighted by Gasteiger charge is -2.38. The van der Waals surface area contributed by atoms with Gasteiger partial charge in [0.05, 0.1) is 27.4 Å². The van der Waals surface area contributed by atoms with Crippen molar-refractivity contribution < 1.29 is 19.1 Å². The molecule has 1 aliphatic heterocycles. The Bertz CT molecular complexity index is 1900. The number of ether oxygens (including phenoxy) is 1. The van der Waals surface area contributed by atoms with E-state index in [1.54, 1.807) is 43.5 Å². The summed E-state index contributed by atoms with van der Waals surface area (Å²) < 4.78 is 8.46. The molecule has 1 aliphatic carbocycles. The molecule has 0 radical (unpaired) electrons. The van der Waals surface area contributed by atoms with Crippen molar-refractivity contribution in [2.24, 2.45) is 11.8 Å². The van der Waals surface area contributed by atoms with E-state index in [9.17, 15) is 24.0 Å². The average Bonchev–Trinajstić information content (AvgIpc) is 3.82. The summed E-state index contributed by atoms with van der Waals surface area (Å²) >= 11 is 6.13. The van der Waals surface area contributed by atoms with Gasteiger partial charge < -0.3 is 20.3 Å². The van der Waals surface area contributed by atoms with Crippen LogP contribution in [-0.4, -0.2) is 56.7 Å². The summed E-state index contributed by atoms with van der Waals surface area (Å²) in [6.07, 6.45) is 1.55. The molecule has 0 spiro atoms. The zero-order valence-electron chi connectivity index (χ0n) is 27.1. The summed E-state index contributed by atoms with van der Waals surface area (Å²) in [5.41, 5.74) is -0.206. The van der Waals surface area contributed by atoms with E-state index in [1.165, 1.54) is 27.7 Å². The van der Waals surface area contributed by atoms with Crippen LogP contribution in [0.3, 0.4) is 0 Å². The summed E-state index contributed by atoms with van der Waals surface area (Å²) in [5, 5.41) is 15.4. The second kappa shape index (κ2) is 13.2. The molecule has 2 aliphatic rings. The molecular formula is C34H39ClN6O6. The molecular weight excluding hydrogens is 624 g/mol. The van der Waals surface area contributed by atoms with E-state index >= 15 is 0 Å². The molecule has 5 rings (SSSR count). The molecule has 1 aromatic heterocycles. The van der Waals surface area contributed by atoms with E-state index in [1.807, 2.05) is 19.9 Å². The van der Waals surface area contributed by atoms with Crippen molar-refractivity contribution in [3.8, 4) is 6.07 Å².